The summed E-state index contributed by atoms with van der Waals surface area (Å²) in [5, 5.41) is 11.0. The van der Waals surface area contributed by atoms with Gasteiger partial charge in [0.15, 0.2) is 0 Å². The molecule has 1 atom stereocenters. The Labute approximate surface area is 166 Å². The van der Waals surface area contributed by atoms with Gasteiger partial charge in [0.1, 0.15) is 6.04 Å². The summed E-state index contributed by atoms with van der Waals surface area (Å²) < 4.78 is 0. The number of carboxylic acid groups (broad SMARTS) is 1. The van der Waals surface area contributed by atoms with Gasteiger partial charge >= 0.3 is 5.97 Å². The molecule has 2 N–H and O–H groups in total. The Morgan fingerprint density at radius 1 is 1.07 bits per heavy atom. The lowest BCUT2D eigenvalue weighted by Crippen LogP contribution is -2.54. The number of carbonyl (C=O) groups is 5. The minimum absolute atomic E-state index is 0.0889. The van der Waals surface area contributed by atoms with Crippen LogP contribution >= 0.6 is 0 Å². The van der Waals surface area contributed by atoms with Gasteiger partial charge in [0.2, 0.25) is 11.8 Å². The lowest BCUT2D eigenvalue weighted by atomic mass is 9.94. The van der Waals surface area contributed by atoms with Crippen molar-refractivity contribution in [1.82, 2.24) is 15.1 Å². The Balaban J connectivity index is 1.54. The molecule has 1 saturated heterocycles. The minimum atomic E-state index is -0.968. The summed E-state index contributed by atoms with van der Waals surface area (Å²) in [5.74, 6) is -2.85. The molecule has 1 unspecified atom stereocenters. The maximum absolute atomic E-state index is 12.9. The van der Waals surface area contributed by atoms with Gasteiger partial charge in [0.25, 0.3) is 11.8 Å². The number of imide groups is 2. The second-order valence-electron chi connectivity index (χ2n) is 7.64. The summed E-state index contributed by atoms with van der Waals surface area (Å²) in [7, 11) is 0. The zero-order valence-corrected chi connectivity index (χ0v) is 15.8. The number of carbonyl (C=O) groups excluding carboxylic acids is 4. The first-order chi connectivity index (χ1) is 13.8. The van der Waals surface area contributed by atoms with E-state index in [1.165, 1.54) is 0 Å². The van der Waals surface area contributed by atoms with Gasteiger partial charge < -0.3 is 5.11 Å². The highest BCUT2D eigenvalue weighted by atomic mass is 16.4. The number of carboxylic acids is 1. The van der Waals surface area contributed by atoms with E-state index in [9.17, 15) is 24.0 Å². The number of hydrogen-bond donors (Lipinski definition) is 2. The van der Waals surface area contributed by atoms with E-state index >= 15 is 0 Å². The van der Waals surface area contributed by atoms with Gasteiger partial charge in [-0.1, -0.05) is 0 Å². The van der Waals surface area contributed by atoms with Crippen molar-refractivity contribution < 1.29 is 29.1 Å². The lowest BCUT2D eigenvalue weighted by molar-refractivity contribution is -0.138. The molecule has 1 aromatic carbocycles. The van der Waals surface area contributed by atoms with E-state index in [-0.39, 0.29) is 24.8 Å². The Morgan fingerprint density at radius 3 is 2.41 bits per heavy atom. The fourth-order valence-corrected chi connectivity index (χ4v) is 4.23. The zero-order chi connectivity index (χ0) is 20.7. The van der Waals surface area contributed by atoms with Crippen LogP contribution in [-0.2, 0) is 27.3 Å². The molecule has 0 spiro atoms. The molecule has 3 aliphatic heterocycles. The number of nitrogens with one attached hydrogen (secondary N) is 1. The molecule has 3 heterocycles. The molecule has 4 rings (SSSR count). The van der Waals surface area contributed by atoms with E-state index in [1.807, 2.05) is 0 Å². The van der Waals surface area contributed by atoms with Crippen LogP contribution in [0, 0.1) is 0 Å². The molecule has 9 nitrogen and oxygen atoms in total. The van der Waals surface area contributed by atoms with E-state index in [2.05, 4.69) is 10.2 Å². The molecule has 4 amide bonds. The SMILES string of the molecule is O=C(O)CCCN1CCc2cc3c(cc2C1)C(=O)N(C1CCC(=O)NC1=O)C3=O. The van der Waals surface area contributed by atoms with Crippen molar-refractivity contribution in [3.63, 3.8) is 0 Å². The average molecular weight is 399 g/mol. The molecule has 1 aromatic rings. The molecule has 1 fully saturated rings. The van der Waals surface area contributed by atoms with E-state index < -0.39 is 35.6 Å². The number of piperidine rings is 1. The summed E-state index contributed by atoms with van der Waals surface area (Å²) in [6.45, 7) is 1.99. The van der Waals surface area contributed by atoms with Gasteiger partial charge in [-0.25, -0.2) is 0 Å². The van der Waals surface area contributed by atoms with E-state index in [4.69, 9.17) is 5.11 Å². The van der Waals surface area contributed by atoms with Crippen molar-refractivity contribution >= 4 is 29.6 Å². The van der Waals surface area contributed by atoms with Crippen LogP contribution in [0.4, 0.5) is 0 Å². The predicted octanol–water partition coefficient (Wildman–Crippen LogP) is 0.311. The molecular weight excluding hydrogens is 378 g/mol. The fraction of sp³-hybridized carbons (Fsp3) is 0.450. The first-order valence-corrected chi connectivity index (χ1v) is 9.66. The predicted molar refractivity (Wildman–Crippen MR) is 99.0 cm³/mol. The van der Waals surface area contributed by atoms with Gasteiger partial charge in [-0.05, 0) is 49.1 Å². The smallest absolute Gasteiger partial charge is 0.303 e. The lowest BCUT2D eigenvalue weighted by Gasteiger charge is -2.28. The first kappa shape index (κ1) is 19.3. The third-order valence-corrected chi connectivity index (χ3v) is 5.72. The van der Waals surface area contributed by atoms with Crippen LogP contribution in [0.3, 0.4) is 0 Å². The van der Waals surface area contributed by atoms with Crippen molar-refractivity contribution in [2.24, 2.45) is 0 Å². The quantitative estimate of drug-likeness (QED) is 0.683. The Bertz CT molecular complexity index is 940. The molecule has 3 aliphatic rings. The van der Waals surface area contributed by atoms with Crippen molar-refractivity contribution in [3.8, 4) is 0 Å². The highest BCUT2D eigenvalue weighted by Crippen LogP contribution is 2.32. The number of nitrogens with zero attached hydrogens (tertiary/aromatic N) is 2. The van der Waals surface area contributed by atoms with Gasteiger partial charge in [-0.3, -0.25) is 39.1 Å². The third kappa shape index (κ3) is 3.53. The largest absolute Gasteiger partial charge is 0.481 e. The van der Waals surface area contributed by atoms with Crippen molar-refractivity contribution in [3.05, 3.63) is 34.4 Å². The van der Waals surface area contributed by atoms with Gasteiger partial charge in [-0.2, -0.15) is 0 Å². The fourth-order valence-electron chi connectivity index (χ4n) is 4.23. The second-order valence-corrected chi connectivity index (χ2v) is 7.64. The maximum Gasteiger partial charge on any atom is 0.303 e. The van der Waals surface area contributed by atoms with Crippen LogP contribution < -0.4 is 5.32 Å². The molecule has 0 bridgehead atoms. The number of hydrogen-bond acceptors (Lipinski definition) is 6. The number of amides is 4. The standard InChI is InChI=1S/C20H21N3O6/c24-16-4-3-15(18(27)21-16)23-19(28)13-8-11-5-7-22(6-1-2-17(25)26)10-12(11)9-14(13)20(23)29/h8-9,15H,1-7,10H2,(H,25,26)(H,21,24,27). The van der Waals surface area contributed by atoms with E-state index in [0.717, 1.165) is 22.6 Å². The summed E-state index contributed by atoms with van der Waals surface area (Å²) in [5.41, 5.74) is 2.52. The normalized spacial score (nSPS) is 21.8. The van der Waals surface area contributed by atoms with Crippen LogP contribution in [0.2, 0.25) is 0 Å². The molecule has 9 heteroatoms. The number of aliphatic carboxylic acids is 1. The first-order valence-electron chi connectivity index (χ1n) is 9.66. The Hall–Kier alpha value is -3.07. The van der Waals surface area contributed by atoms with Crippen LogP contribution in [0.15, 0.2) is 12.1 Å². The number of benzene rings is 1. The summed E-state index contributed by atoms with van der Waals surface area (Å²) >= 11 is 0. The minimum Gasteiger partial charge on any atom is -0.481 e. The van der Waals surface area contributed by atoms with Gasteiger partial charge in [0.05, 0.1) is 11.1 Å². The summed E-state index contributed by atoms with van der Waals surface area (Å²) in [6.07, 6.45) is 1.59. The molecule has 0 aliphatic carbocycles. The van der Waals surface area contributed by atoms with E-state index in [1.54, 1.807) is 12.1 Å². The van der Waals surface area contributed by atoms with Crippen LogP contribution in [0.25, 0.3) is 0 Å². The second kappa shape index (κ2) is 7.40. The van der Waals surface area contributed by atoms with Crippen LogP contribution in [0.1, 0.15) is 57.5 Å². The maximum atomic E-state index is 12.9. The monoisotopic (exact) mass is 399 g/mol. The van der Waals surface area contributed by atoms with Gasteiger partial charge in [0, 0.05) is 25.9 Å². The highest BCUT2D eigenvalue weighted by Gasteiger charge is 2.45. The Morgan fingerprint density at radius 2 is 1.76 bits per heavy atom. The molecule has 29 heavy (non-hydrogen) atoms. The molecular formula is C20H21N3O6. The van der Waals surface area contributed by atoms with Crippen LogP contribution in [0.5, 0.6) is 0 Å². The third-order valence-electron chi connectivity index (χ3n) is 5.72. The van der Waals surface area contributed by atoms with Crippen molar-refractivity contribution in [2.75, 3.05) is 13.1 Å². The Kier molecular flexibility index (Phi) is 4.91. The highest BCUT2D eigenvalue weighted by molar-refractivity contribution is 6.23. The van der Waals surface area contributed by atoms with Crippen LogP contribution in [-0.4, -0.2) is 63.6 Å². The zero-order valence-electron chi connectivity index (χ0n) is 15.8. The average Bonchev–Trinajstić information content (AvgIpc) is 2.90. The number of fused-ring (bicyclic) bond motifs is 2. The van der Waals surface area contributed by atoms with Crippen molar-refractivity contribution in [1.29, 1.82) is 0 Å². The molecule has 0 radical (unpaired) electrons. The topological polar surface area (TPSA) is 124 Å². The molecule has 0 saturated carbocycles. The van der Waals surface area contributed by atoms with Gasteiger partial charge in [-0.15, -0.1) is 0 Å². The summed E-state index contributed by atoms with van der Waals surface area (Å²) in [6, 6.07) is 2.50. The summed E-state index contributed by atoms with van der Waals surface area (Å²) in [4.78, 5) is 63.1. The van der Waals surface area contributed by atoms with Crippen molar-refractivity contribution in [2.45, 2.75) is 44.7 Å². The van der Waals surface area contributed by atoms with E-state index in [0.29, 0.717) is 31.5 Å². The molecule has 152 valence electrons. The molecule has 0 aromatic heterocycles. The number of rotatable bonds is 5.